The average molecular weight is 492 g/mol. The minimum atomic E-state index is -5.08. The van der Waals surface area contributed by atoms with Gasteiger partial charge in [-0.05, 0) is 56.6 Å². The summed E-state index contributed by atoms with van der Waals surface area (Å²) < 4.78 is 35.6. The van der Waals surface area contributed by atoms with E-state index < -0.39 is 12.1 Å². The van der Waals surface area contributed by atoms with Crippen molar-refractivity contribution in [3.8, 4) is 0 Å². The monoisotopic (exact) mass is 491 g/mol. The van der Waals surface area contributed by atoms with Crippen molar-refractivity contribution >= 4 is 34.7 Å². The van der Waals surface area contributed by atoms with Gasteiger partial charge < -0.3 is 10.0 Å². The quantitative estimate of drug-likeness (QED) is 0.703. The number of likely N-dealkylation sites (tertiary alicyclic amines) is 2. The lowest BCUT2D eigenvalue weighted by molar-refractivity contribution is -0.192. The summed E-state index contributed by atoms with van der Waals surface area (Å²) in [6, 6.07) is 0. The molecule has 1 spiro atoms. The van der Waals surface area contributed by atoms with E-state index in [1.54, 1.807) is 11.3 Å². The lowest BCUT2D eigenvalue weighted by Crippen LogP contribution is -2.44. The van der Waals surface area contributed by atoms with Gasteiger partial charge in [0.15, 0.2) is 5.69 Å². The van der Waals surface area contributed by atoms with E-state index in [-0.39, 0.29) is 5.91 Å². The molecule has 0 aromatic carbocycles. The molecule has 1 N–H and O–H groups in total. The number of piperidine rings is 1. The highest BCUT2D eigenvalue weighted by Crippen LogP contribution is 2.41. The van der Waals surface area contributed by atoms with E-state index in [9.17, 15) is 18.0 Å². The minimum Gasteiger partial charge on any atom is -0.475 e. The Balaban J connectivity index is 0.000000360. The van der Waals surface area contributed by atoms with Crippen molar-refractivity contribution in [3.63, 3.8) is 0 Å². The number of thiazole rings is 1. The van der Waals surface area contributed by atoms with E-state index in [1.165, 1.54) is 23.6 Å². The first-order chi connectivity index (χ1) is 15.0. The molecule has 8 nitrogen and oxygen atoms in total. The molecule has 1 amide bonds. The number of hydrogen-bond donors (Lipinski definition) is 1. The maximum Gasteiger partial charge on any atom is 0.490 e. The first kappa shape index (κ1) is 24.5. The zero-order valence-corrected chi connectivity index (χ0v) is 19.3. The Hall–Kier alpha value is -2.12. The SMILES string of the molecule is Cc1nc(CN2CCC3(CCN(C(=O)c4nnsc4C)CC3)C2)cs1.O=C(O)C(F)(F)F. The maximum absolute atomic E-state index is 12.6. The van der Waals surface area contributed by atoms with E-state index in [2.05, 4.69) is 31.8 Å². The van der Waals surface area contributed by atoms with Gasteiger partial charge in [0, 0.05) is 31.6 Å². The fourth-order valence-electron chi connectivity index (χ4n) is 4.04. The second-order valence-corrected chi connectivity index (χ2v) is 10.1. The van der Waals surface area contributed by atoms with Crippen LogP contribution in [-0.2, 0) is 11.3 Å². The van der Waals surface area contributed by atoms with Crippen LogP contribution in [0.1, 0.15) is 45.3 Å². The van der Waals surface area contributed by atoms with Gasteiger partial charge in [-0.25, -0.2) is 9.78 Å². The Labute approximate surface area is 191 Å². The number of alkyl halides is 3. The molecule has 2 aliphatic rings. The molecule has 4 rings (SSSR count). The number of carbonyl (C=O) groups is 2. The normalized spacial score (nSPS) is 18.5. The van der Waals surface area contributed by atoms with Gasteiger partial charge in [-0.3, -0.25) is 9.69 Å². The van der Waals surface area contributed by atoms with Crippen molar-refractivity contribution in [3.05, 3.63) is 26.7 Å². The number of amides is 1. The zero-order valence-electron chi connectivity index (χ0n) is 17.7. The van der Waals surface area contributed by atoms with Crippen LogP contribution in [0.4, 0.5) is 13.2 Å². The standard InChI is InChI=1S/C17H23N5OS2.C2HF3O2/c1-12-15(19-20-25-12)16(23)22-7-4-17(5-8-22)3-6-21(11-17)9-14-10-24-13(2)18-14;3-2(4,5)1(6)7/h10H,3-9,11H2,1-2H3;(H,6,7). The van der Waals surface area contributed by atoms with Crippen molar-refractivity contribution in [1.82, 2.24) is 24.4 Å². The average Bonchev–Trinajstić information content (AvgIpc) is 3.43. The summed E-state index contributed by atoms with van der Waals surface area (Å²) in [5, 5.41) is 14.4. The second kappa shape index (κ2) is 9.79. The Morgan fingerprint density at radius 2 is 1.81 bits per heavy atom. The summed E-state index contributed by atoms with van der Waals surface area (Å²) in [7, 11) is 0. The number of nitrogens with zero attached hydrogens (tertiary/aromatic N) is 5. The number of aryl methyl sites for hydroxylation is 2. The van der Waals surface area contributed by atoms with Crippen LogP contribution >= 0.6 is 22.9 Å². The number of aromatic nitrogens is 3. The van der Waals surface area contributed by atoms with Crippen LogP contribution in [0, 0.1) is 19.3 Å². The van der Waals surface area contributed by atoms with Gasteiger partial charge in [-0.1, -0.05) is 4.49 Å². The van der Waals surface area contributed by atoms with Gasteiger partial charge in [0.05, 0.1) is 15.6 Å². The van der Waals surface area contributed by atoms with Crippen LogP contribution in [-0.4, -0.2) is 73.7 Å². The Kier molecular flexibility index (Phi) is 7.50. The highest BCUT2D eigenvalue weighted by atomic mass is 32.1. The van der Waals surface area contributed by atoms with Crippen LogP contribution < -0.4 is 0 Å². The molecule has 0 radical (unpaired) electrons. The first-order valence-electron chi connectivity index (χ1n) is 10.0. The summed E-state index contributed by atoms with van der Waals surface area (Å²) in [6.45, 7) is 8.87. The highest BCUT2D eigenvalue weighted by Gasteiger charge is 2.42. The van der Waals surface area contributed by atoms with Gasteiger partial charge in [-0.2, -0.15) is 13.2 Å². The van der Waals surface area contributed by atoms with Crippen LogP contribution in [0.3, 0.4) is 0 Å². The minimum absolute atomic E-state index is 0.0499. The number of hydrogen-bond acceptors (Lipinski definition) is 8. The highest BCUT2D eigenvalue weighted by molar-refractivity contribution is 7.09. The molecule has 2 saturated heterocycles. The van der Waals surface area contributed by atoms with E-state index >= 15 is 0 Å². The van der Waals surface area contributed by atoms with Gasteiger partial charge >= 0.3 is 12.1 Å². The van der Waals surface area contributed by atoms with Gasteiger partial charge in [0.2, 0.25) is 0 Å². The van der Waals surface area contributed by atoms with Crippen molar-refractivity contribution in [2.45, 2.75) is 45.8 Å². The predicted octanol–water partition coefficient (Wildman–Crippen LogP) is 3.37. The lowest BCUT2D eigenvalue weighted by Gasteiger charge is -2.39. The number of halogens is 3. The van der Waals surface area contributed by atoms with E-state index in [0.29, 0.717) is 11.1 Å². The number of rotatable bonds is 3. The number of carboxylic acids is 1. The molecule has 4 heterocycles. The van der Waals surface area contributed by atoms with Crippen molar-refractivity contribution in [1.29, 1.82) is 0 Å². The largest absolute Gasteiger partial charge is 0.490 e. The van der Waals surface area contributed by atoms with Crippen LogP contribution in [0.15, 0.2) is 5.38 Å². The van der Waals surface area contributed by atoms with Crippen molar-refractivity contribution < 1.29 is 27.9 Å². The fourth-order valence-corrected chi connectivity index (χ4v) is 5.11. The van der Waals surface area contributed by atoms with E-state index in [1.807, 2.05) is 11.8 Å². The number of carboxylic acid groups (broad SMARTS) is 1. The summed E-state index contributed by atoms with van der Waals surface area (Å²) in [4.78, 5) is 31.5. The maximum atomic E-state index is 12.6. The summed E-state index contributed by atoms with van der Waals surface area (Å²) in [6.07, 6.45) is -1.68. The topological polar surface area (TPSA) is 99.5 Å². The lowest BCUT2D eigenvalue weighted by atomic mass is 9.77. The third-order valence-corrected chi connectivity index (χ3v) is 7.23. The zero-order chi connectivity index (χ0) is 23.5. The molecule has 32 heavy (non-hydrogen) atoms. The molecule has 2 aromatic rings. The molecule has 0 unspecified atom stereocenters. The third kappa shape index (κ3) is 6.01. The van der Waals surface area contributed by atoms with Gasteiger partial charge in [0.1, 0.15) is 0 Å². The molecule has 2 aliphatic heterocycles. The molecule has 0 bridgehead atoms. The Bertz CT molecular complexity index is 954. The third-order valence-electron chi connectivity index (χ3n) is 5.78. The van der Waals surface area contributed by atoms with E-state index in [4.69, 9.17) is 9.90 Å². The molecular formula is C19H24F3N5O3S2. The predicted molar refractivity (Wildman–Crippen MR) is 113 cm³/mol. The molecular weight excluding hydrogens is 467 g/mol. The molecule has 0 aliphatic carbocycles. The first-order valence-corrected chi connectivity index (χ1v) is 11.7. The molecule has 0 atom stereocenters. The van der Waals surface area contributed by atoms with Crippen LogP contribution in [0.5, 0.6) is 0 Å². The summed E-state index contributed by atoms with van der Waals surface area (Å²) in [5.41, 5.74) is 2.10. The molecule has 0 saturated carbocycles. The smallest absolute Gasteiger partial charge is 0.475 e. The van der Waals surface area contributed by atoms with Crippen molar-refractivity contribution in [2.75, 3.05) is 26.2 Å². The summed E-state index contributed by atoms with van der Waals surface area (Å²) in [5.74, 6) is -2.71. The van der Waals surface area contributed by atoms with Gasteiger partial charge in [-0.15, -0.1) is 16.4 Å². The second-order valence-electron chi connectivity index (χ2n) is 8.09. The fraction of sp³-hybridized carbons (Fsp3) is 0.632. The molecule has 2 fully saturated rings. The summed E-state index contributed by atoms with van der Waals surface area (Å²) >= 11 is 3.02. The molecule has 13 heteroatoms. The van der Waals surface area contributed by atoms with Crippen LogP contribution in [0.25, 0.3) is 0 Å². The Morgan fingerprint density at radius 1 is 1.19 bits per heavy atom. The van der Waals surface area contributed by atoms with Gasteiger partial charge in [0.25, 0.3) is 5.91 Å². The van der Waals surface area contributed by atoms with Crippen LogP contribution in [0.2, 0.25) is 0 Å². The van der Waals surface area contributed by atoms with Crippen molar-refractivity contribution in [2.24, 2.45) is 5.41 Å². The molecule has 2 aromatic heterocycles. The number of carbonyl (C=O) groups excluding carboxylic acids is 1. The Morgan fingerprint density at radius 3 is 2.31 bits per heavy atom. The van der Waals surface area contributed by atoms with E-state index in [0.717, 1.165) is 55.5 Å². The number of aliphatic carboxylic acids is 1. The molecule has 176 valence electrons.